The van der Waals surface area contributed by atoms with Gasteiger partial charge in [0.25, 0.3) is 5.56 Å². The Labute approximate surface area is 171 Å². The zero-order chi connectivity index (χ0) is 19.9. The van der Waals surface area contributed by atoms with Gasteiger partial charge in [0, 0.05) is 50.0 Å². The predicted molar refractivity (Wildman–Crippen MR) is 114 cm³/mol. The van der Waals surface area contributed by atoms with Gasteiger partial charge in [0.15, 0.2) is 5.16 Å². The second-order valence-corrected chi connectivity index (χ2v) is 8.44. The maximum Gasteiger partial charge on any atom is 0.257 e. The summed E-state index contributed by atoms with van der Waals surface area (Å²) in [5, 5.41) is 0.727. The van der Waals surface area contributed by atoms with E-state index in [9.17, 15) is 9.59 Å². The number of carbonyl (C=O) groups is 1. The molecular weight excluding hydrogens is 370 g/mol. The molecule has 2 aromatic rings. The van der Waals surface area contributed by atoms with Gasteiger partial charge >= 0.3 is 0 Å². The predicted octanol–water partition coefficient (Wildman–Crippen LogP) is 3.56. The fourth-order valence-corrected chi connectivity index (χ4v) is 4.50. The minimum absolute atomic E-state index is 0.0169. The molecule has 3 rings (SSSR count). The molecule has 0 N–H and O–H groups in total. The Kier molecular flexibility index (Phi) is 7.31. The number of likely N-dealkylation sites (tertiary alicyclic amines) is 1. The number of amides is 1. The van der Waals surface area contributed by atoms with Gasteiger partial charge < -0.3 is 4.90 Å². The van der Waals surface area contributed by atoms with Crippen LogP contribution in [0, 0.1) is 6.92 Å². The highest BCUT2D eigenvalue weighted by Crippen LogP contribution is 2.19. The lowest BCUT2D eigenvalue weighted by atomic mass is 10.1. The van der Waals surface area contributed by atoms with Crippen LogP contribution in [-0.2, 0) is 18.3 Å². The summed E-state index contributed by atoms with van der Waals surface area (Å²) in [6, 6.07) is 10.0. The van der Waals surface area contributed by atoms with Gasteiger partial charge in [-0.3, -0.25) is 14.2 Å². The van der Waals surface area contributed by atoms with Crippen LogP contribution in [0.2, 0.25) is 0 Å². The number of hydrogen-bond donors (Lipinski definition) is 0. The summed E-state index contributed by atoms with van der Waals surface area (Å²) in [5.74, 6) is 1.05. The lowest BCUT2D eigenvalue weighted by molar-refractivity contribution is -0.132. The van der Waals surface area contributed by atoms with Crippen LogP contribution in [0.1, 0.15) is 48.9 Å². The third kappa shape index (κ3) is 5.25. The van der Waals surface area contributed by atoms with Crippen LogP contribution in [0.5, 0.6) is 0 Å². The van der Waals surface area contributed by atoms with E-state index in [4.69, 9.17) is 0 Å². The van der Waals surface area contributed by atoms with Crippen molar-refractivity contribution < 1.29 is 4.79 Å². The van der Waals surface area contributed by atoms with Gasteiger partial charge in [0.05, 0.1) is 0 Å². The standard InChI is InChI=1S/C22H29N3O2S/c1-17-19(16-18-10-5-3-6-11-18)21(27)24(2)22(23-17)28-15-9-12-20(26)25-13-7-4-8-14-25/h3,5-6,10-11H,4,7-9,12-16H2,1-2H3. The molecule has 1 saturated heterocycles. The summed E-state index contributed by atoms with van der Waals surface area (Å²) in [7, 11) is 1.78. The number of hydrogen-bond acceptors (Lipinski definition) is 4. The molecule has 1 aliphatic rings. The van der Waals surface area contributed by atoms with Crippen molar-refractivity contribution in [1.29, 1.82) is 0 Å². The van der Waals surface area contributed by atoms with Crippen molar-refractivity contribution in [2.75, 3.05) is 18.8 Å². The van der Waals surface area contributed by atoms with Crippen LogP contribution >= 0.6 is 11.8 Å². The third-order valence-corrected chi connectivity index (χ3v) is 6.36. The molecule has 0 radical (unpaired) electrons. The quantitative estimate of drug-likeness (QED) is 0.406. The molecular formula is C22H29N3O2S. The van der Waals surface area contributed by atoms with E-state index in [-0.39, 0.29) is 11.5 Å². The average molecular weight is 400 g/mol. The summed E-state index contributed by atoms with van der Waals surface area (Å²) >= 11 is 1.56. The third-order valence-electron chi connectivity index (χ3n) is 5.25. The SMILES string of the molecule is Cc1nc(SCCCC(=O)N2CCCCC2)n(C)c(=O)c1Cc1ccccc1. The average Bonchev–Trinajstić information content (AvgIpc) is 2.73. The molecule has 0 bridgehead atoms. The van der Waals surface area contributed by atoms with Crippen molar-refractivity contribution in [1.82, 2.24) is 14.5 Å². The van der Waals surface area contributed by atoms with Crippen molar-refractivity contribution in [2.45, 2.75) is 50.6 Å². The van der Waals surface area contributed by atoms with Gasteiger partial charge in [-0.2, -0.15) is 0 Å². The van der Waals surface area contributed by atoms with E-state index in [0.717, 1.165) is 60.1 Å². The Morgan fingerprint density at radius 2 is 1.86 bits per heavy atom. The number of thioether (sulfide) groups is 1. The molecule has 1 aliphatic heterocycles. The maximum atomic E-state index is 12.8. The monoisotopic (exact) mass is 399 g/mol. The number of nitrogens with zero attached hydrogens (tertiary/aromatic N) is 3. The first kappa shape index (κ1) is 20.6. The van der Waals surface area contributed by atoms with E-state index in [0.29, 0.717) is 12.8 Å². The molecule has 0 aliphatic carbocycles. The summed E-state index contributed by atoms with van der Waals surface area (Å²) in [4.78, 5) is 31.7. The van der Waals surface area contributed by atoms with Gasteiger partial charge in [-0.05, 0) is 38.2 Å². The second kappa shape index (κ2) is 9.92. The summed E-state index contributed by atoms with van der Waals surface area (Å²) in [6.45, 7) is 3.72. The lowest BCUT2D eigenvalue weighted by Crippen LogP contribution is -2.35. The molecule has 5 nitrogen and oxygen atoms in total. The number of piperidine rings is 1. The molecule has 2 heterocycles. The molecule has 1 fully saturated rings. The number of carbonyl (C=O) groups excluding carboxylic acids is 1. The first-order valence-corrected chi connectivity index (χ1v) is 11.1. The number of rotatable bonds is 7. The van der Waals surface area contributed by atoms with Gasteiger partial charge in [-0.15, -0.1) is 0 Å². The molecule has 0 atom stereocenters. The van der Waals surface area contributed by atoms with Crippen LogP contribution < -0.4 is 5.56 Å². The van der Waals surface area contributed by atoms with Crippen LogP contribution in [-0.4, -0.2) is 39.2 Å². The highest BCUT2D eigenvalue weighted by molar-refractivity contribution is 7.99. The Bertz CT molecular complexity index is 858. The van der Waals surface area contributed by atoms with Gasteiger partial charge in [-0.1, -0.05) is 42.1 Å². The Morgan fingerprint density at radius 1 is 1.14 bits per heavy atom. The van der Waals surface area contributed by atoms with Gasteiger partial charge in [0.2, 0.25) is 5.91 Å². The smallest absolute Gasteiger partial charge is 0.257 e. The molecule has 1 aromatic heterocycles. The zero-order valence-electron chi connectivity index (χ0n) is 16.8. The highest BCUT2D eigenvalue weighted by atomic mass is 32.2. The number of aryl methyl sites for hydroxylation is 1. The molecule has 0 unspecified atom stereocenters. The molecule has 0 saturated carbocycles. The fraction of sp³-hybridized carbons (Fsp3) is 0.500. The number of aromatic nitrogens is 2. The summed E-state index contributed by atoms with van der Waals surface area (Å²) in [5.41, 5.74) is 2.67. The van der Waals surface area contributed by atoms with Gasteiger partial charge in [0.1, 0.15) is 0 Å². The Balaban J connectivity index is 1.57. The first-order chi connectivity index (χ1) is 13.6. The Hall–Kier alpha value is -2.08. The molecule has 150 valence electrons. The van der Waals surface area contributed by atoms with E-state index in [1.165, 1.54) is 6.42 Å². The van der Waals surface area contributed by atoms with Crippen molar-refractivity contribution in [3.63, 3.8) is 0 Å². The van der Waals surface area contributed by atoms with Crippen molar-refractivity contribution in [3.8, 4) is 0 Å². The van der Waals surface area contributed by atoms with Crippen LogP contribution in [0.3, 0.4) is 0 Å². The minimum Gasteiger partial charge on any atom is -0.343 e. The summed E-state index contributed by atoms with van der Waals surface area (Å²) < 4.78 is 1.64. The molecule has 6 heteroatoms. The van der Waals surface area contributed by atoms with Crippen LogP contribution in [0.4, 0.5) is 0 Å². The van der Waals surface area contributed by atoms with Crippen molar-refractivity contribution >= 4 is 17.7 Å². The molecule has 1 aromatic carbocycles. The molecule has 28 heavy (non-hydrogen) atoms. The molecule has 0 spiro atoms. The fourth-order valence-electron chi connectivity index (χ4n) is 3.55. The Morgan fingerprint density at radius 3 is 2.57 bits per heavy atom. The largest absolute Gasteiger partial charge is 0.343 e. The van der Waals surface area contributed by atoms with E-state index >= 15 is 0 Å². The topological polar surface area (TPSA) is 55.2 Å². The van der Waals surface area contributed by atoms with Gasteiger partial charge in [-0.25, -0.2) is 4.98 Å². The van der Waals surface area contributed by atoms with E-state index < -0.39 is 0 Å². The maximum absolute atomic E-state index is 12.8. The van der Waals surface area contributed by atoms with Crippen LogP contribution in [0.25, 0.3) is 0 Å². The zero-order valence-corrected chi connectivity index (χ0v) is 17.6. The second-order valence-electron chi connectivity index (χ2n) is 7.38. The normalized spacial score (nSPS) is 14.3. The first-order valence-electron chi connectivity index (χ1n) is 10.1. The lowest BCUT2D eigenvalue weighted by Gasteiger charge is -2.26. The number of benzene rings is 1. The van der Waals surface area contributed by atoms with Crippen LogP contribution in [0.15, 0.2) is 40.3 Å². The minimum atomic E-state index is 0.0169. The van der Waals surface area contributed by atoms with Crippen molar-refractivity contribution in [2.24, 2.45) is 7.05 Å². The molecule has 1 amide bonds. The van der Waals surface area contributed by atoms with E-state index in [2.05, 4.69) is 4.98 Å². The van der Waals surface area contributed by atoms with Crippen molar-refractivity contribution in [3.05, 3.63) is 57.5 Å². The van der Waals surface area contributed by atoms with E-state index in [1.54, 1.807) is 23.4 Å². The van der Waals surface area contributed by atoms with E-state index in [1.807, 2.05) is 42.2 Å². The summed E-state index contributed by atoms with van der Waals surface area (Å²) in [6.07, 6.45) is 5.47. The highest BCUT2D eigenvalue weighted by Gasteiger charge is 2.16.